The van der Waals surface area contributed by atoms with Gasteiger partial charge < -0.3 is 4.74 Å². The zero-order valence-corrected chi connectivity index (χ0v) is 11.8. The minimum absolute atomic E-state index is 0.0142. The average Bonchev–Trinajstić information content (AvgIpc) is 2.91. The maximum absolute atomic E-state index is 12.9. The van der Waals surface area contributed by atoms with Gasteiger partial charge in [0, 0.05) is 24.0 Å². The number of nitrogens with zero attached hydrogens (tertiary/aromatic N) is 3. The smallest absolute Gasteiger partial charge is 0.240 e. The van der Waals surface area contributed by atoms with Crippen LogP contribution >= 0.6 is 0 Å². The molecule has 0 spiro atoms. The Balaban J connectivity index is 2.19. The highest BCUT2D eigenvalue weighted by atomic mass is 19.1. The SMILES string of the molecule is COc1ccc(C2=NNC(=O)CC2C)c2cc(CF)nn12. The van der Waals surface area contributed by atoms with Gasteiger partial charge in [-0.25, -0.2) is 14.3 Å². The maximum atomic E-state index is 12.9. The monoisotopic (exact) mass is 290 g/mol. The van der Waals surface area contributed by atoms with Gasteiger partial charge in [0.1, 0.15) is 6.67 Å². The molecule has 1 amide bonds. The number of hydrogen-bond donors (Lipinski definition) is 1. The summed E-state index contributed by atoms with van der Waals surface area (Å²) >= 11 is 0. The first-order valence-corrected chi connectivity index (χ1v) is 6.62. The molecule has 3 heterocycles. The van der Waals surface area contributed by atoms with Gasteiger partial charge in [0.05, 0.1) is 24.0 Å². The zero-order chi connectivity index (χ0) is 15.0. The summed E-state index contributed by atoms with van der Waals surface area (Å²) in [4.78, 5) is 11.4. The Bertz CT molecular complexity index is 738. The maximum Gasteiger partial charge on any atom is 0.240 e. The molecule has 1 unspecified atom stereocenters. The number of halogens is 1. The van der Waals surface area contributed by atoms with Gasteiger partial charge in [-0.2, -0.15) is 10.2 Å². The second-order valence-electron chi connectivity index (χ2n) is 4.99. The van der Waals surface area contributed by atoms with E-state index < -0.39 is 6.67 Å². The fourth-order valence-electron chi connectivity index (χ4n) is 2.52. The predicted molar refractivity (Wildman–Crippen MR) is 75.0 cm³/mol. The van der Waals surface area contributed by atoms with E-state index in [0.717, 1.165) is 11.3 Å². The van der Waals surface area contributed by atoms with E-state index in [4.69, 9.17) is 4.74 Å². The summed E-state index contributed by atoms with van der Waals surface area (Å²) in [5, 5.41) is 8.32. The zero-order valence-electron chi connectivity index (χ0n) is 11.8. The Kier molecular flexibility index (Phi) is 3.32. The van der Waals surface area contributed by atoms with Crippen molar-refractivity contribution in [3.8, 4) is 5.88 Å². The lowest BCUT2D eigenvalue weighted by molar-refractivity contribution is -0.121. The minimum atomic E-state index is -0.650. The molecule has 6 nitrogen and oxygen atoms in total. The van der Waals surface area contributed by atoms with E-state index >= 15 is 0 Å². The normalized spacial score (nSPS) is 18.5. The van der Waals surface area contributed by atoms with Crippen molar-refractivity contribution in [1.29, 1.82) is 0 Å². The van der Waals surface area contributed by atoms with E-state index in [1.807, 2.05) is 13.0 Å². The summed E-state index contributed by atoms with van der Waals surface area (Å²) in [5.41, 5.74) is 5.10. The van der Waals surface area contributed by atoms with Crippen LogP contribution in [-0.4, -0.2) is 28.3 Å². The van der Waals surface area contributed by atoms with E-state index in [9.17, 15) is 9.18 Å². The summed E-state index contributed by atoms with van der Waals surface area (Å²) in [6, 6.07) is 5.28. The van der Waals surface area contributed by atoms with E-state index in [0.29, 0.717) is 23.5 Å². The fourth-order valence-corrected chi connectivity index (χ4v) is 2.52. The van der Waals surface area contributed by atoms with Gasteiger partial charge in [0.15, 0.2) is 0 Å². The Labute approximate surface area is 120 Å². The van der Waals surface area contributed by atoms with E-state index in [-0.39, 0.29) is 11.8 Å². The summed E-state index contributed by atoms with van der Waals surface area (Å²) in [6.07, 6.45) is 0.376. The molecule has 0 fully saturated rings. The van der Waals surface area contributed by atoms with Crippen LogP contribution < -0.4 is 10.2 Å². The molecule has 2 aromatic rings. The van der Waals surface area contributed by atoms with Crippen molar-refractivity contribution in [2.24, 2.45) is 11.0 Å². The molecule has 0 aromatic carbocycles. The molecule has 0 bridgehead atoms. The number of hydrogen-bond acceptors (Lipinski definition) is 4. The van der Waals surface area contributed by atoms with Gasteiger partial charge in [0.2, 0.25) is 11.8 Å². The predicted octanol–water partition coefficient (Wildman–Crippen LogP) is 1.67. The van der Waals surface area contributed by atoms with Crippen LogP contribution in [0.15, 0.2) is 23.3 Å². The summed E-state index contributed by atoms with van der Waals surface area (Å²) in [7, 11) is 1.53. The van der Waals surface area contributed by atoms with Crippen LogP contribution in [0, 0.1) is 5.92 Å². The second kappa shape index (κ2) is 5.16. The van der Waals surface area contributed by atoms with Crippen LogP contribution in [0.25, 0.3) is 5.52 Å². The molecule has 0 saturated carbocycles. The summed E-state index contributed by atoms with van der Waals surface area (Å²) < 4.78 is 19.7. The Hall–Kier alpha value is -2.44. The van der Waals surface area contributed by atoms with Crippen LogP contribution in [0.3, 0.4) is 0 Å². The number of carbonyl (C=O) groups excluding carboxylic acids is 1. The molecule has 0 radical (unpaired) electrons. The quantitative estimate of drug-likeness (QED) is 0.935. The van der Waals surface area contributed by atoms with Gasteiger partial charge in [0.25, 0.3) is 0 Å². The van der Waals surface area contributed by atoms with Crippen LogP contribution in [0.2, 0.25) is 0 Å². The van der Waals surface area contributed by atoms with Crippen molar-refractivity contribution >= 4 is 17.1 Å². The van der Waals surface area contributed by atoms with Crippen LogP contribution in [0.1, 0.15) is 24.6 Å². The number of fused-ring (bicyclic) bond motifs is 1. The van der Waals surface area contributed by atoms with Crippen molar-refractivity contribution in [3.05, 3.63) is 29.5 Å². The highest BCUT2D eigenvalue weighted by Gasteiger charge is 2.24. The number of nitrogens with one attached hydrogen (secondary N) is 1. The molecule has 1 atom stereocenters. The molecular weight excluding hydrogens is 275 g/mol. The summed E-state index contributed by atoms with van der Waals surface area (Å²) in [6.45, 7) is 1.29. The number of methoxy groups -OCH3 is 1. The lowest BCUT2D eigenvalue weighted by Crippen LogP contribution is -2.32. The summed E-state index contributed by atoms with van der Waals surface area (Å²) in [5.74, 6) is 0.398. The van der Waals surface area contributed by atoms with Gasteiger partial charge in [-0.3, -0.25) is 4.79 Å². The average molecular weight is 290 g/mol. The number of pyridine rings is 1. The van der Waals surface area contributed by atoms with Gasteiger partial charge >= 0.3 is 0 Å². The number of aromatic nitrogens is 2. The van der Waals surface area contributed by atoms with Crippen molar-refractivity contribution in [1.82, 2.24) is 15.0 Å². The first-order valence-electron chi connectivity index (χ1n) is 6.62. The molecular formula is C14H15FN4O2. The Morgan fingerprint density at radius 1 is 1.52 bits per heavy atom. The van der Waals surface area contributed by atoms with E-state index in [2.05, 4.69) is 15.6 Å². The highest BCUT2D eigenvalue weighted by Crippen LogP contribution is 2.25. The second-order valence-corrected chi connectivity index (χ2v) is 4.99. The molecule has 1 aliphatic heterocycles. The standard InChI is InChI=1S/C14H15FN4O2/c1-8-5-12(20)16-17-14(8)10-3-4-13(21-2)19-11(10)6-9(7-15)18-19/h3-4,6,8H,5,7H2,1-2H3,(H,16,20). The van der Waals surface area contributed by atoms with Crippen molar-refractivity contribution < 1.29 is 13.9 Å². The van der Waals surface area contributed by atoms with Gasteiger partial charge in [-0.15, -0.1) is 0 Å². The third-order valence-corrected chi connectivity index (χ3v) is 3.52. The molecule has 7 heteroatoms. The van der Waals surface area contributed by atoms with Crippen LogP contribution in [-0.2, 0) is 11.5 Å². The van der Waals surface area contributed by atoms with Crippen molar-refractivity contribution in [2.45, 2.75) is 20.0 Å². The Morgan fingerprint density at radius 3 is 3.00 bits per heavy atom. The molecule has 0 aliphatic carbocycles. The topological polar surface area (TPSA) is 68.0 Å². The van der Waals surface area contributed by atoms with Crippen molar-refractivity contribution in [3.63, 3.8) is 0 Å². The molecule has 1 N–H and O–H groups in total. The third kappa shape index (κ3) is 2.24. The number of amides is 1. The molecule has 0 saturated heterocycles. The molecule has 3 rings (SSSR count). The first kappa shape index (κ1) is 13.5. The van der Waals surface area contributed by atoms with Gasteiger partial charge in [-0.05, 0) is 12.1 Å². The van der Waals surface area contributed by atoms with E-state index in [1.165, 1.54) is 7.11 Å². The molecule has 2 aromatic heterocycles. The largest absolute Gasteiger partial charge is 0.481 e. The number of alkyl halides is 1. The number of hydrazone groups is 1. The third-order valence-electron chi connectivity index (χ3n) is 3.52. The van der Waals surface area contributed by atoms with Gasteiger partial charge in [-0.1, -0.05) is 6.92 Å². The lowest BCUT2D eigenvalue weighted by Gasteiger charge is -2.20. The minimum Gasteiger partial charge on any atom is -0.481 e. The van der Waals surface area contributed by atoms with Crippen LogP contribution in [0.4, 0.5) is 4.39 Å². The number of carbonyl (C=O) groups is 1. The lowest BCUT2D eigenvalue weighted by atomic mass is 9.94. The van der Waals surface area contributed by atoms with Crippen LogP contribution in [0.5, 0.6) is 5.88 Å². The number of ether oxygens (including phenoxy) is 1. The highest BCUT2D eigenvalue weighted by molar-refractivity contribution is 6.10. The fraction of sp³-hybridized carbons (Fsp3) is 0.357. The Morgan fingerprint density at radius 2 is 2.33 bits per heavy atom. The molecule has 110 valence electrons. The molecule has 21 heavy (non-hydrogen) atoms. The van der Waals surface area contributed by atoms with E-state index in [1.54, 1.807) is 16.6 Å². The first-order chi connectivity index (χ1) is 10.1. The van der Waals surface area contributed by atoms with Crippen molar-refractivity contribution in [2.75, 3.05) is 7.11 Å². The number of rotatable bonds is 3. The molecule has 1 aliphatic rings.